The van der Waals surface area contributed by atoms with E-state index < -0.39 is 17.9 Å². The van der Waals surface area contributed by atoms with Gasteiger partial charge < -0.3 is 29.9 Å². The fourth-order valence-corrected chi connectivity index (χ4v) is 4.32. The molecular formula is C26H34N4O7. The summed E-state index contributed by atoms with van der Waals surface area (Å²) in [6.07, 6.45) is 3.16. The summed E-state index contributed by atoms with van der Waals surface area (Å²) in [6.45, 7) is 2.38. The first-order chi connectivity index (χ1) is 17.7. The average molecular weight is 515 g/mol. The predicted molar refractivity (Wildman–Crippen MR) is 137 cm³/mol. The highest BCUT2D eigenvalue weighted by molar-refractivity contribution is 5.85. The molecule has 0 unspecified atom stereocenters. The first-order valence-corrected chi connectivity index (χ1v) is 12.1. The molecular weight excluding hydrogens is 480 g/mol. The average Bonchev–Trinajstić information content (AvgIpc) is 2.84. The zero-order chi connectivity index (χ0) is 26.8. The highest BCUT2D eigenvalue weighted by atomic mass is 16.5. The zero-order valence-electron chi connectivity index (χ0n) is 21.0. The van der Waals surface area contributed by atoms with Crippen LogP contribution in [0.4, 0.5) is 0 Å². The van der Waals surface area contributed by atoms with Crippen LogP contribution in [0.15, 0.2) is 48.8 Å². The molecule has 200 valence electrons. The predicted octanol–water partition coefficient (Wildman–Crippen LogP) is 1.30. The topological polar surface area (TPSA) is 134 Å². The minimum atomic E-state index is -1.03. The number of nitrogens with zero attached hydrogens (tertiary/aromatic N) is 4. The van der Waals surface area contributed by atoms with Crippen molar-refractivity contribution in [1.82, 2.24) is 19.6 Å². The lowest BCUT2D eigenvalue weighted by atomic mass is 10.1. The Bertz CT molecular complexity index is 1120. The molecule has 0 aliphatic carbocycles. The normalized spacial score (nSPS) is 17.1. The van der Waals surface area contributed by atoms with E-state index in [9.17, 15) is 29.7 Å². The van der Waals surface area contributed by atoms with Gasteiger partial charge in [-0.1, -0.05) is 24.3 Å². The van der Waals surface area contributed by atoms with Crippen molar-refractivity contribution in [2.75, 3.05) is 66.0 Å². The number of hydrogen-bond acceptors (Lipinski definition) is 8. The summed E-state index contributed by atoms with van der Waals surface area (Å²) in [7, 11) is 1.63. The summed E-state index contributed by atoms with van der Waals surface area (Å²) in [6, 6.07) is 12.1. The Morgan fingerprint density at radius 3 is 1.76 bits per heavy atom. The number of methoxy groups -OCH3 is 1. The molecule has 11 nitrogen and oxygen atoms in total. The Morgan fingerprint density at radius 1 is 0.730 bits per heavy atom. The molecule has 1 aliphatic rings. The van der Waals surface area contributed by atoms with E-state index in [1.807, 2.05) is 30.3 Å². The smallest absolute Gasteiger partial charge is 0.323 e. The van der Waals surface area contributed by atoms with Gasteiger partial charge in [-0.3, -0.25) is 24.2 Å². The van der Waals surface area contributed by atoms with Crippen LogP contribution in [-0.2, 0) is 20.9 Å². The second-order valence-electron chi connectivity index (χ2n) is 8.98. The van der Waals surface area contributed by atoms with E-state index in [0.717, 1.165) is 22.1 Å². The van der Waals surface area contributed by atoms with E-state index in [0.29, 0.717) is 39.3 Å². The van der Waals surface area contributed by atoms with Crippen molar-refractivity contribution < 1.29 is 34.4 Å². The molecule has 3 rings (SSSR count). The largest absolute Gasteiger partial charge is 0.496 e. The van der Waals surface area contributed by atoms with Crippen LogP contribution in [0.1, 0.15) is 5.56 Å². The summed E-state index contributed by atoms with van der Waals surface area (Å²) >= 11 is 0. The molecule has 1 aliphatic heterocycles. The minimum absolute atomic E-state index is 0.164. The fourth-order valence-electron chi connectivity index (χ4n) is 4.32. The van der Waals surface area contributed by atoms with Gasteiger partial charge >= 0.3 is 17.9 Å². The SMILES string of the molecule is COc1cc2ccccc2cc1CN1CCN(CC(=O)O)/C=C\N(CC(=O)O)CCN(CC(=O)O)CC1. The van der Waals surface area contributed by atoms with Crippen molar-refractivity contribution >= 4 is 28.7 Å². The molecule has 0 aromatic heterocycles. The molecule has 3 N–H and O–H groups in total. The number of rotatable bonds is 9. The number of ether oxygens (including phenoxy) is 1. The lowest BCUT2D eigenvalue weighted by Crippen LogP contribution is -2.44. The van der Waals surface area contributed by atoms with E-state index in [-0.39, 0.29) is 26.2 Å². The van der Waals surface area contributed by atoms with Crippen molar-refractivity contribution in [3.8, 4) is 5.75 Å². The molecule has 11 heteroatoms. The van der Waals surface area contributed by atoms with Crippen molar-refractivity contribution in [2.45, 2.75) is 6.54 Å². The Balaban J connectivity index is 1.87. The van der Waals surface area contributed by atoms with E-state index in [1.165, 1.54) is 0 Å². The lowest BCUT2D eigenvalue weighted by molar-refractivity contribution is -0.139. The van der Waals surface area contributed by atoms with Crippen molar-refractivity contribution in [3.63, 3.8) is 0 Å². The molecule has 2 aromatic carbocycles. The molecule has 0 atom stereocenters. The number of hydrogen-bond donors (Lipinski definition) is 3. The summed E-state index contributed by atoms with van der Waals surface area (Å²) < 4.78 is 5.66. The van der Waals surface area contributed by atoms with Gasteiger partial charge in [0, 0.05) is 63.8 Å². The summed E-state index contributed by atoms with van der Waals surface area (Å²) in [5, 5.41) is 30.2. The van der Waals surface area contributed by atoms with Gasteiger partial charge in [0.1, 0.15) is 18.8 Å². The molecule has 0 fully saturated rings. The van der Waals surface area contributed by atoms with Crippen molar-refractivity contribution in [1.29, 1.82) is 0 Å². The van der Waals surface area contributed by atoms with Crippen LogP contribution in [-0.4, -0.2) is 119 Å². The Labute approximate surface area is 215 Å². The summed E-state index contributed by atoms with van der Waals surface area (Å²) in [5.74, 6) is -2.22. The third-order valence-electron chi connectivity index (χ3n) is 6.21. The molecule has 0 amide bonds. The number of carboxylic acid groups (broad SMARTS) is 3. The van der Waals surface area contributed by atoms with Gasteiger partial charge in [-0.05, 0) is 22.9 Å². The monoisotopic (exact) mass is 514 g/mol. The third-order valence-corrected chi connectivity index (χ3v) is 6.21. The maximum absolute atomic E-state index is 11.5. The van der Waals surface area contributed by atoms with Gasteiger partial charge in [-0.15, -0.1) is 0 Å². The quantitative estimate of drug-likeness (QED) is 0.447. The zero-order valence-corrected chi connectivity index (χ0v) is 21.0. The third kappa shape index (κ3) is 8.96. The van der Waals surface area contributed by atoms with E-state index in [2.05, 4.69) is 11.0 Å². The maximum Gasteiger partial charge on any atom is 0.323 e. The molecule has 2 aromatic rings. The van der Waals surface area contributed by atoms with Gasteiger partial charge in [0.15, 0.2) is 0 Å². The first-order valence-electron chi connectivity index (χ1n) is 12.1. The maximum atomic E-state index is 11.5. The molecule has 0 saturated heterocycles. The summed E-state index contributed by atoms with van der Waals surface area (Å²) in [5.41, 5.74) is 0.978. The van der Waals surface area contributed by atoms with Crippen LogP contribution in [0.3, 0.4) is 0 Å². The minimum Gasteiger partial charge on any atom is -0.496 e. The second kappa shape index (κ2) is 13.5. The van der Waals surface area contributed by atoms with Gasteiger partial charge in [-0.2, -0.15) is 0 Å². The number of carboxylic acids is 3. The molecule has 0 saturated carbocycles. The Hall–Kier alpha value is -3.83. The molecule has 0 radical (unpaired) electrons. The van der Waals surface area contributed by atoms with Gasteiger partial charge in [0.05, 0.1) is 13.7 Å². The van der Waals surface area contributed by atoms with Crippen LogP contribution in [0.2, 0.25) is 0 Å². The van der Waals surface area contributed by atoms with Crippen LogP contribution in [0.25, 0.3) is 10.8 Å². The second-order valence-corrected chi connectivity index (χ2v) is 8.98. The molecule has 0 bridgehead atoms. The standard InChI is InChI=1S/C26H34N4O7/c1-37-23-15-21-5-3-2-4-20(21)14-22(23)16-27-6-8-28(17-24(31)32)10-12-30(19-26(35)36)13-11-29(9-7-27)18-25(33)34/h2-5,10,12,14-15H,6-9,11,13,16-19H2,1H3,(H,31,32)(H,33,34)(H,35,36)/b12-10-. The number of fused-ring (bicyclic) bond motifs is 1. The highest BCUT2D eigenvalue weighted by Gasteiger charge is 2.18. The van der Waals surface area contributed by atoms with Crippen molar-refractivity contribution in [2.24, 2.45) is 0 Å². The Morgan fingerprint density at radius 2 is 1.22 bits per heavy atom. The fraction of sp³-hybridized carbons (Fsp3) is 0.423. The first kappa shape index (κ1) is 27.8. The number of benzene rings is 2. The van der Waals surface area contributed by atoms with E-state index >= 15 is 0 Å². The van der Waals surface area contributed by atoms with Gasteiger partial charge in [-0.25, -0.2) is 0 Å². The Kier molecular flexibility index (Phi) is 10.1. The number of aliphatic carboxylic acids is 3. The lowest BCUT2D eigenvalue weighted by Gasteiger charge is -2.32. The summed E-state index contributed by atoms with van der Waals surface area (Å²) in [4.78, 5) is 41.4. The molecule has 0 spiro atoms. The van der Waals surface area contributed by atoms with Crippen LogP contribution >= 0.6 is 0 Å². The molecule has 1 heterocycles. The van der Waals surface area contributed by atoms with Crippen LogP contribution in [0.5, 0.6) is 5.75 Å². The van der Waals surface area contributed by atoms with Crippen molar-refractivity contribution in [3.05, 3.63) is 54.4 Å². The molecule has 37 heavy (non-hydrogen) atoms. The van der Waals surface area contributed by atoms with Crippen LogP contribution in [0, 0.1) is 0 Å². The van der Waals surface area contributed by atoms with E-state index in [1.54, 1.807) is 34.2 Å². The van der Waals surface area contributed by atoms with Crippen LogP contribution < -0.4 is 4.74 Å². The highest BCUT2D eigenvalue weighted by Crippen LogP contribution is 2.27. The van der Waals surface area contributed by atoms with Gasteiger partial charge in [0.25, 0.3) is 0 Å². The van der Waals surface area contributed by atoms with Gasteiger partial charge in [0.2, 0.25) is 0 Å². The number of carbonyl (C=O) groups is 3. The van der Waals surface area contributed by atoms with E-state index in [4.69, 9.17) is 4.74 Å².